The van der Waals surface area contributed by atoms with Gasteiger partial charge in [-0.2, -0.15) is 0 Å². The predicted molar refractivity (Wildman–Crippen MR) is 175 cm³/mol. The fourth-order valence-electron chi connectivity index (χ4n) is 5.34. The number of halogens is 1. The molecule has 0 aliphatic carbocycles. The van der Waals surface area contributed by atoms with Crippen LogP contribution in [0.4, 0.5) is 10.1 Å². The quantitative estimate of drug-likeness (QED) is 0.355. The van der Waals surface area contributed by atoms with Gasteiger partial charge in [0.25, 0.3) is 21.8 Å². The number of anilines is 1. The highest BCUT2D eigenvalue weighted by molar-refractivity contribution is 7.92. The number of sulfonamides is 1. The molecule has 13 heteroatoms. The first-order valence-electron chi connectivity index (χ1n) is 15.7. The fraction of sp³-hybridized carbons (Fsp3) is 0.441. The van der Waals surface area contributed by atoms with Crippen molar-refractivity contribution in [1.29, 1.82) is 0 Å². The first-order chi connectivity index (χ1) is 22.4. The average Bonchev–Trinajstić information content (AvgIpc) is 3.06. The Hall–Kier alpha value is -4.07. The van der Waals surface area contributed by atoms with Crippen LogP contribution in [0.15, 0.2) is 71.9 Å². The van der Waals surface area contributed by atoms with E-state index >= 15 is 0 Å². The standard InChI is InChI=1S/C34H43FN4O7S/c1-23-20-39(24(2)22-40)34(42)30-19-28(37-47(43,44)29-11-8-27(35)9-12-29)10-13-31(30)46-25(3)7-5-6-18-45-32(23)21-38(4)33(41)26-14-16-36-17-15-26/h8-17,19,23-25,32,37,40H,5-7,18,20-22H2,1-4H3/t23-,24-,25-,32-/m0/s1. The summed E-state index contributed by atoms with van der Waals surface area (Å²) in [5.74, 6) is -1.22. The van der Waals surface area contributed by atoms with Gasteiger partial charge >= 0.3 is 0 Å². The molecule has 2 aromatic carbocycles. The van der Waals surface area contributed by atoms with Gasteiger partial charge < -0.3 is 24.4 Å². The summed E-state index contributed by atoms with van der Waals surface area (Å²) in [7, 11) is -2.40. The maximum atomic E-state index is 14.3. The summed E-state index contributed by atoms with van der Waals surface area (Å²) in [6.45, 7) is 6.10. The number of amides is 2. The Kier molecular flexibility index (Phi) is 12.3. The van der Waals surface area contributed by atoms with Gasteiger partial charge in [0.2, 0.25) is 0 Å². The van der Waals surface area contributed by atoms with Crippen LogP contribution in [0, 0.1) is 11.7 Å². The van der Waals surface area contributed by atoms with Crippen molar-refractivity contribution in [2.45, 2.75) is 63.2 Å². The highest BCUT2D eigenvalue weighted by Crippen LogP contribution is 2.29. The SMILES string of the molecule is C[C@H]1CCCCO[C@@H](CN(C)C(=O)c2ccncc2)[C@@H](C)CN([C@@H](C)CO)C(=O)c2cc(NS(=O)(=O)c3ccc(F)cc3)ccc2O1. The normalized spacial score (nSPS) is 20.3. The van der Waals surface area contributed by atoms with Gasteiger partial charge in [-0.3, -0.25) is 19.3 Å². The Bertz CT molecular complexity index is 1610. The van der Waals surface area contributed by atoms with Crippen molar-refractivity contribution in [3.05, 3.63) is 83.9 Å². The number of carbonyl (C=O) groups is 2. The van der Waals surface area contributed by atoms with Crippen LogP contribution in [0.3, 0.4) is 0 Å². The largest absolute Gasteiger partial charge is 0.490 e. The van der Waals surface area contributed by atoms with E-state index in [0.717, 1.165) is 37.1 Å². The van der Waals surface area contributed by atoms with Gasteiger partial charge in [0, 0.05) is 56.3 Å². The summed E-state index contributed by atoms with van der Waals surface area (Å²) >= 11 is 0. The Morgan fingerprint density at radius 1 is 1.13 bits per heavy atom. The molecule has 1 aliphatic rings. The fourth-order valence-corrected chi connectivity index (χ4v) is 6.39. The van der Waals surface area contributed by atoms with E-state index in [1.807, 2.05) is 13.8 Å². The first kappa shape index (κ1) is 35.8. The van der Waals surface area contributed by atoms with E-state index in [1.54, 1.807) is 49.5 Å². The molecule has 2 heterocycles. The zero-order valence-electron chi connectivity index (χ0n) is 27.1. The molecule has 2 N–H and O–H groups in total. The minimum absolute atomic E-state index is 0.112. The number of aliphatic hydroxyl groups excluding tert-OH is 1. The number of aliphatic hydroxyl groups is 1. The summed E-state index contributed by atoms with van der Waals surface area (Å²) < 4.78 is 54.6. The third kappa shape index (κ3) is 9.49. The minimum atomic E-state index is -4.10. The molecule has 254 valence electrons. The highest BCUT2D eigenvalue weighted by Gasteiger charge is 2.31. The summed E-state index contributed by atoms with van der Waals surface area (Å²) in [6.07, 6.45) is 4.64. The number of fused-ring (bicyclic) bond motifs is 1. The van der Waals surface area contributed by atoms with Gasteiger partial charge in [-0.15, -0.1) is 0 Å². The summed E-state index contributed by atoms with van der Waals surface area (Å²) in [5, 5.41) is 10.2. The summed E-state index contributed by atoms with van der Waals surface area (Å²) in [4.78, 5) is 34.4. The number of benzene rings is 2. The number of rotatable bonds is 8. The van der Waals surface area contributed by atoms with E-state index in [4.69, 9.17) is 9.47 Å². The molecular formula is C34H43FN4O7S. The molecule has 2 amide bonds. The first-order valence-corrected chi connectivity index (χ1v) is 17.2. The Labute approximate surface area is 275 Å². The van der Waals surface area contributed by atoms with E-state index in [1.165, 1.54) is 17.0 Å². The third-order valence-corrected chi connectivity index (χ3v) is 9.55. The van der Waals surface area contributed by atoms with Crippen LogP contribution in [0.25, 0.3) is 0 Å². The monoisotopic (exact) mass is 670 g/mol. The summed E-state index contributed by atoms with van der Waals surface area (Å²) in [5.41, 5.74) is 0.724. The minimum Gasteiger partial charge on any atom is -0.490 e. The number of pyridine rings is 1. The van der Waals surface area contributed by atoms with Crippen molar-refractivity contribution < 1.29 is 37.0 Å². The second-order valence-electron chi connectivity index (χ2n) is 12.0. The average molecular weight is 671 g/mol. The molecule has 1 aromatic heterocycles. The number of likely N-dealkylation sites (N-methyl/N-ethyl adjacent to an activating group) is 1. The second-order valence-corrected chi connectivity index (χ2v) is 13.7. The van der Waals surface area contributed by atoms with Gasteiger partial charge in [0.1, 0.15) is 11.6 Å². The molecule has 0 fully saturated rings. The zero-order valence-corrected chi connectivity index (χ0v) is 28.0. The third-order valence-electron chi connectivity index (χ3n) is 8.16. The number of aromatic nitrogens is 1. The van der Waals surface area contributed by atoms with Crippen molar-refractivity contribution in [2.75, 3.05) is 38.1 Å². The van der Waals surface area contributed by atoms with Crippen LogP contribution in [0.2, 0.25) is 0 Å². The molecule has 11 nitrogen and oxygen atoms in total. The lowest BCUT2D eigenvalue weighted by molar-refractivity contribution is -0.0149. The lowest BCUT2D eigenvalue weighted by atomic mass is 10.0. The zero-order chi connectivity index (χ0) is 34.1. The molecule has 4 rings (SSSR count). The van der Waals surface area contributed by atoms with Crippen LogP contribution >= 0.6 is 0 Å². The highest BCUT2D eigenvalue weighted by atomic mass is 32.2. The van der Waals surface area contributed by atoms with Crippen molar-refractivity contribution in [3.63, 3.8) is 0 Å². The topological polar surface area (TPSA) is 138 Å². The lowest BCUT2D eigenvalue weighted by Gasteiger charge is -2.36. The number of hydrogen-bond donors (Lipinski definition) is 2. The van der Waals surface area contributed by atoms with Crippen LogP contribution in [0.5, 0.6) is 5.75 Å². The van der Waals surface area contributed by atoms with E-state index < -0.39 is 33.9 Å². The Morgan fingerprint density at radius 3 is 2.51 bits per heavy atom. The molecule has 1 aliphatic heterocycles. The van der Waals surface area contributed by atoms with Gasteiger partial charge in [0.05, 0.1) is 35.3 Å². The second kappa shape index (κ2) is 16.2. The van der Waals surface area contributed by atoms with Crippen molar-refractivity contribution in [1.82, 2.24) is 14.8 Å². The molecular weight excluding hydrogens is 627 g/mol. The smallest absolute Gasteiger partial charge is 0.261 e. The summed E-state index contributed by atoms with van der Waals surface area (Å²) in [6, 6.07) is 11.6. The van der Waals surface area contributed by atoms with E-state index in [2.05, 4.69) is 9.71 Å². The molecule has 0 unspecified atom stereocenters. The Morgan fingerprint density at radius 2 is 1.83 bits per heavy atom. The van der Waals surface area contributed by atoms with Gasteiger partial charge in [0.15, 0.2) is 0 Å². The number of hydrogen-bond acceptors (Lipinski definition) is 8. The van der Waals surface area contributed by atoms with Gasteiger partial charge in [-0.05, 0) is 87.7 Å². The van der Waals surface area contributed by atoms with Crippen molar-refractivity contribution >= 4 is 27.5 Å². The molecule has 0 spiro atoms. The van der Waals surface area contributed by atoms with E-state index in [0.29, 0.717) is 18.6 Å². The molecule has 0 saturated carbocycles. The molecule has 3 aromatic rings. The molecule has 0 saturated heterocycles. The number of nitrogens with one attached hydrogen (secondary N) is 1. The van der Waals surface area contributed by atoms with Crippen molar-refractivity contribution in [2.24, 2.45) is 5.92 Å². The molecule has 0 radical (unpaired) electrons. The molecule has 0 bridgehead atoms. The van der Waals surface area contributed by atoms with Crippen molar-refractivity contribution in [3.8, 4) is 5.75 Å². The van der Waals surface area contributed by atoms with Gasteiger partial charge in [-0.25, -0.2) is 12.8 Å². The maximum Gasteiger partial charge on any atom is 0.261 e. The number of carbonyl (C=O) groups excluding carboxylic acids is 2. The maximum absolute atomic E-state index is 14.3. The van der Waals surface area contributed by atoms with Crippen LogP contribution in [-0.2, 0) is 14.8 Å². The number of ether oxygens (including phenoxy) is 2. The van der Waals surface area contributed by atoms with E-state index in [9.17, 15) is 27.5 Å². The lowest BCUT2D eigenvalue weighted by Crippen LogP contribution is -2.48. The van der Waals surface area contributed by atoms with Gasteiger partial charge in [-0.1, -0.05) is 6.92 Å². The van der Waals surface area contributed by atoms with Crippen LogP contribution in [0.1, 0.15) is 60.7 Å². The van der Waals surface area contributed by atoms with Crippen LogP contribution < -0.4 is 9.46 Å². The number of nitrogens with zero attached hydrogens (tertiary/aromatic N) is 3. The Balaban J connectivity index is 1.66. The molecule has 47 heavy (non-hydrogen) atoms. The predicted octanol–water partition coefficient (Wildman–Crippen LogP) is 4.59. The molecule has 4 atom stereocenters. The van der Waals surface area contributed by atoms with E-state index in [-0.39, 0.29) is 59.5 Å². The van der Waals surface area contributed by atoms with Crippen LogP contribution in [-0.4, -0.2) is 91.7 Å².